The van der Waals surface area contributed by atoms with Crippen LogP contribution in [0.2, 0.25) is 0 Å². The van der Waals surface area contributed by atoms with Crippen LogP contribution in [0.15, 0.2) is 54.6 Å². The molecule has 0 aliphatic carbocycles. The van der Waals surface area contributed by atoms with Crippen LogP contribution in [0.5, 0.6) is 0 Å². The highest BCUT2D eigenvalue weighted by molar-refractivity contribution is 5.76. The molecule has 0 atom stereocenters. The average molecular weight is 367 g/mol. The highest BCUT2D eigenvalue weighted by Crippen LogP contribution is 2.32. The fraction of sp³-hybridized carbons (Fsp3) is 0.435. The monoisotopic (exact) mass is 366 g/mol. The largest absolute Gasteiger partial charge is 0.385 e. The van der Waals surface area contributed by atoms with Crippen LogP contribution >= 0.6 is 0 Å². The second-order valence-electron chi connectivity index (χ2n) is 7.57. The first-order chi connectivity index (χ1) is 13.0. The Hall–Kier alpha value is -2.17. The summed E-state index contributed by atoms with van der Waals surface area (Å²) in [4.78, 5) is 14.3. The SMILES string of the molecule is Cc1ccc(C2(O)CCN(CCNC(=O)CCc3ccccc3)CC2)cc1. The van der Waals surface area contributed by atoms with Gasteiger partial charge in [-0.25, -0.2) is 0 Å². The normalized spacial score (nSPS) is 16.8. The number of benzene rings is 2. The lowest BCUT2D eigenvalue weighted by Crippen LogP contribution is -2.45. The van der Waals surface area contributed by atoms with Crippen molar-refractivity contribution in [2.75, 3.05) is 26.2 Å². The molecule has 1 saturated heterocycles. The number of aliphatic hydroxyl groups is 1. The van der Waals surface area contributed by atoms with Crippen LogP contribution in [0.4, 0.5) is 0 Å². The number of hydrogen-bond donors (Lipinski definition) is 2. The minimum Gasteiger partial charge on any atom is -0.385 e. The fourth-order valence-corrected chi connectivity index (χ4v) is 3.64. The number of piperidine rings is 1. The zero-order valence-electron chi connectivity index (χ0n) is 16.2. The van der Waals surface area contributed by atoms with E-state index in [-0.39, 0.29) is 5.91 Å². The maximum atomic E-state index is 12.0. The molecule has 0 aromatic heterocycles. The Morgan fingerprint density at radius 1 is 1.07 bits per heavy atom. The molecule has 0 unspecified atom stereocenters. The molecule has 4 nitrogen and oxygen atoms in total. The lowest BCUT2D eigenvalue weighted by Gasteiger charge is -2.38. The molecule has 144 valence electrons. The number of likely N-dealkylation sites (tertiary alicyclic amines) is 1. The third-order valence-electron chi connectivity index (χ3n) is 5.51. The molecular weight excluding hydrogens is 336 g/mol. The summed E-state index contributed by atoms with van der Waals surface area (Å²) >= 11 is 0. The molecule has 1 aliphatic rings. The Kier molecular flexibility index (Phi) is 6.64. The Morgan fingerprint density at radius 3 is 2.41 bits per heavy atom. The molecule has 27 heavy (non-hydrogen) atoms. The third-order valence-corrected chi connectivity index (χ3v) is 5.51. The van der Waals surface area contributed by atoms with Gasteiger partial charge in [0.2, 0.25) is 5.91 Å². The minimum absolute atomic E-state index is 0.104. The molecule has 2 aromatic carbocycles. The molecule has 1 amide bonds. The lowest BCUT2D eigenvalue weighted by molar-refractivity contribution is -0.121. The second kappa shape index (κ2) is 9.16. The molecule has 1 fully saturated rings. The van der Waals surface area contributed by atoms with Crippen molar-refractivity contribution in [2.24, 2.45) is 0 Å². The van der Waals surface area contributed by atoms with Gasteiger partial charge < -0.3 is 15.3 Å². The maximum absolute atomic E-state index is 12.0. The zero-order valence-corrected chi connectivity index (χ0v) is 16.2. The molecule has 0 spiro atoms. The van der Waals surface area contributed by atoms with Crippen molar-refractivity contribution in [3.63, 3.8) is 0 Å². The van der Waals surface area contributed by atoms with Gasteiger partial charge in [-0.3, -0.25) is 4.79 Å². The van der Waals surface area contributed by atoms with Crippen LogP contribution in [0.25, 0.3) is 0 Å². The van der Waals surface area contributed by atoms with Crippen LogP contribution in [0.3, 0.4) is 0 Å². The number of nitrogens with zero attached hydrogens (tertiary/aromatic N) is 1. The topological polar surface area (TPSA) is 52.6 Å². The highest BCUT2D eigenvalue weighted by Gasteiger charge is 2.33. The van der Waals surface area contributed by atoms with E-state index in [1.807, 2.05) is 30.3 Å². The van der Waals surface area contributed by atoms with E-state index in [1.165, 1.54) is 11.1 Å². The molecule has 2 aromatic rings. The van der Waals surface area contributed by atoms with E-state index in [2.05, 4.69) is 41.4 Å². The summed E-state index contributed by atoms with van der Waals surface area (Å²) in [6.45, 7) is 5.26. The molecule has 2 N–H and O–H groups in total. The van der Waals surface area contributed by atoms with Crippen molar-refractivity contribution in [2.45, 2.75) is 38.2 Å². The standard InChI is InChI=1S/C23H30N2O2/c1-19-7-10-21(11-8-19)23(27)13-16-25(17-14-23)18-15-24-22(26)12-9-20-5-3-2-4-6-20/h2-8,10-11,27H,9,12-18H2,1H3,(H,24,26). The molecule has 3 rings (SSSR count). The van der Waals surface area contributed by atoms with E-state index in [1.54, 1.807) is 0 Å². The predicted octanol–water partition coefficient (Wildman–Crippen LogP) is 3.03. The summed E-state index contributed by atoms with van der Waals surface area (Å²) in [6.07, 6.45) is 2.77. The first-order valence-corrected chi connectivity index (χ1v) is 9.88. The van der Waals surface area contributed by atoms with Gasteiger partial charge in [0.15, 0.2) is 0 Å². The highest BCUT2D eigenvalue weighted by atomic mass is 16.3. The maximum Gasteiger partial charge on any atom is 0.220 e. The molecular formula is C23H30N2O2. The molecule has 0 saturated carbocycles. The van der Waals surface area contributed by atoms with Crippen LogP contribution in [-0.4, -0.2) is 42.1 Å². The summed E-state index contributed by atoms with van der Waals surface area (Å²) < 4.78 is 0. The number of carbonyl (C=O) groups excluding carboxylic acids is 1. The van der Waals surface area contributed by atoms with Gasteiger partial charge in [-0.15, -0.1) is 0 Å². The summed E-state index contributed by atoms with van der Waals surface area (Å²) in [6, 6.07) is 18.3. The van der Waals surface area contributed by atoms with E-state index in [0.717, 1.165) is 44.5 Å². The summed E-state index contributed by atoms with van der Waals surface area (Å²) in [5.41, 5.74) is 2.70. The van der Waals surface area contributed by atoms with Gasteiger partial charge in [-0.2, -0.15) is 0 Å². The van der Waals surface area contributed by atoms with Crippen molar-refractivity contribution in [1.82, 2.24) is 10.2 Å². The van der Waals surface area contributed by atoms with Crippen LogP contribution in [0.1, 0.15) is 36.0 Å². The predicted molar refractivity (Wildman–Crippen MR) is 109 cm³/mol. The van der Waals surface area contributed by atoms with Gasteiger partial charge in [0.1, 0.15) is 0 Å². The third kappa shape index (κ3) is 5.65. The summed E-state index contributed by atoms with van der Waals surface area (Å²) in [5.74, 6) is 0.104. The number of carbonyl (C=O) groups is 1. The van der Waals surface area contributed by atoms with Crippen LogP contribution in [0, 0.1) is 6.92 Å². The van der Waals surface area contributed by atoms with Crippen molar-refractivity contribution < 1.29 is 9.90 Å². The van der Waals surface area contributed by atoms with E-state index < -0.39 is 5.60 Å². The van der Waals surface area contributed by atoms with Crippen molar-refractivity contribution in [3.8, 4) is 0 Å². The van der Waals surface area contributed by atoms with Gasteiger partial charge in [0, 0.05) is 32.6 Å². The van der Waals surface area contributed by atoms with Crippen LogP contribution in [-0.2, 0) is 16.8 Å². The molecule has 0 bridgehead atoms. The molecule has 1 heterocycles. The van der Waals surface area contributed by atoms with Gasteiger partial charge in [0.25, 0.3) is 0 Å². The van der Waals surface area contributed by atoms with Gasteiger partial charge in [-0.05, 0) is 37.3 Å². The number of hydrogen-bond acceptors (Lipinski definition) is 3. The number of rotatable bonds is 7. The van der Waals surface area contributed by atoms with E-state index in [9.17, 15) is 9.90 Å². The number of aryl methyl sites for hydroxylation is 2. The second-order valence-corrected chi connectivity index (χ2v) is 7.57. The molecule has 1 aliphatic heterocycles. The zero-order chi connectivity index (χ0) is 19.1. The average Bonchev–Trinajstić information content (AvgIpc) is 2.69. The Bertz CT molecular complexity index is 720. The van der Waals surface area contributed by atoms with E-state index in [4.69, 9.17) is 0 Å². The lowest BCUT2D eigenvalue weighted by atomic mass is 9.84. The summed E-state index contributed by atoms with van der Waals surface area (Å²) in [5, 5.41) is 14.0. The number of amides is 1. The quantitative estimate of drug-likeness (QED) is 0.792. The first kappa shape index (κ1) is 19.6. The van der Waals surface area contributed by atoms with Gasteiger partial charge in [0.05, 0.1) is 5.60 Å². The smallest absolute Gasteiger partial charge is 0.220 e. The number of nitrogens with one attached hydrogen (secondary N) is 1. The van der Waals surface area contributed by atoms with Gasteiger partial charge in [-0.1, -0.05) is 60.2 Å². The Labute approximate surface area is 162 Å². The van der Waals surface area contributed by atoms with Crippen molar-refractivity contribution >= 4 is 5.91 Å². The van der Waals surface area contributed by atoms with Crippen LogP contribution < -0.4 is 5.32 Å². The van der Waals surface area contributed by atoms with Crippen molar-refractivity contribution in [1.29, 1.82) is 0 Å². The fourth-order valence-electron chi connectivity index (χ4n) is 3.64. The van der Waals surface area contributed by atoms with Crippen molar-refractivity contribution in [3.05, 3.63) is 71.3 Å². The minimum atomic E-state index is -0.719. The molecule has 4 heteroatoms. The first-order valence-electron chi connectivity index (χ1n) is 9.88. The summed E-state index contributed by atoms with van der Waals surface area (Å²) in [7, 11) is 0. The van der Waals surface area contributed by atoms with E-state index in [0.29, 0.717) is 13.0 Å². The van der Waals surface area contributed by atoms with E-state index >= 15 is 0 Å². The molecule has 0 radical (unpaired) electrons. The Balaban J connectivity index is 1.36. The van der Waals surface area contributed by atoms with Gasteiger partial charge >= 0.3 is 0 Å². The Morgan fingerprint density at radius 2 is 1.74 bits per heavy atom.